The minimum atomic E-state index is -0.0309. The molecule has 0 aliphatic rings. The van der Waals surface area contributed by atoms with Crippen LogP contribution in [0.1, 0.15) is 20.8 Å². The molecule has 0 bridgehead atoms. The van der Waals surface area contributed by atoms with Crippen molar-refractivity contribution in [2.45, 2.75) is 26.3 Å². The molecule has 16 heavy (non-hydrogen) atoms. The third-order valence-corrected chi connectivity index (χ3v) is 2.49. The molecular formula is C11H22N4O. The molecule has 92 valence electrons. The van der Waals surface area contributed by atoms with Crippen molar-refractivity contribution in [2.24, 2.45) is 0 Å². The lowest BCUT2D eigenvalue weighted by Crippen LogP contribution is -2.38. The second kappa shape index (κ2) is 5.86. The van der Waals surface area contributed by atoms with Gasteiger partial charge in [0.25, 0.3) is 0 Å². The zero-order valence-electron chi connectivity index (χ0n) is 10.4. The van der Waals surface area contributed by atoms with Crippen LogP contribution in [0.15, 0.2) is 12.5 Å². The first-order valence-corrected chi connectivity index (χ1v) is 5.64. The van der Waals surface area contributed by atoms with Crippen molar-refractivity contribution in [3.8, 4) is 0 Å². The molecular weight excluding hydrogens is 204 g/mol. The molecule has 0 fully saturated rings. The Hall–Kier alpha value is -1.07. The second-order valence-corrected chi connectivity index (χ2v) is 4.39. The van der Waals surface area contributed by atoms with E-state index in [-0.39, 0.29) is 5.54 Å². The van der Waals surface area contributed by atoms with Gasteiger partial charge < -0.3 is 20.4 Å². The van der Waals surface area contributed by atoms with Crippen LogP contribution >= 0.6 is 0 Å². The Bertz CT molecular complexity index is 309. The molecule has 0 saturated heterocycles. The fourth-order valence-electron chi connectivity index (χ4n) is 1.44. The molecule has 0 saturated carbocycles. The molecule has 0 aliphatic carbocycles. The first kappa shape index (κ1) is 13.0. The Morgan fingerprint density at radius 3 is 2.88 bits per heavy atom. The highest BCUT2D eigenvalue weighted by Gasteiger charge is 2.19. The van der Waals surface area contributed by atoms with Crippen molar-refractivity contribution in [1.29, 1.82) is 0 Å². The molecule has 1 aromatic heterocycles. The minimum absolute atomic E-state index is 0.0309. The van der Waals surface area contributed by atoms with Crippen LogP contribution in [0.25, 0.3) is 0 Å². The van der Waals surface area contributed by atoms with Gasteiger partial charge >= 0.3 is 0 Å². The Morgan fingerprint density at radius 1 is 1.56 bits per heavy atom. The van der Waals surface area contributed by atoms with Crippen molar-refractivity contribution in [3.05, 3.63) is 12.5 Å². The third kappa shape index (κ3) is 3.83. The van der Waals surface area contributed by atoms with Crippen LogP contribution in [-0.4, -0.2) is 35.9 Å². The van der Waals surface area contributed by atoms with Gasteiger partial charge in [0.15, 0.2) is 0 Å². The number of rotatable bonds is 7. The number of hydrogen-bond donors (Lipinski definition) is 2. The number of anilines is 1. The van der Waals surface area contributed by atoms with Crippen molar-refractivity contribution in [1.82, 2.24) is 14.9 Å². The van der Waals surface area contributed by atoms with Crippen LogP contribution in [0.3, 0.4) is 0 Å². The molecule has 3 N–H and O–H groups in total. The summed E-state index contributed by atoms with van der Waals surface area (Å²) in [6.45, 7) is 9.51. The van der Waals surface area contributed by atoms with E-state index in [0.29, 0.717) is 5.82 Å². The Morgan fingerprint density at radius 2 is 2.31 bits per heavy atom. The number of nitrogens with two attached hydrogens (primary N) is 1. The molecule has 0 amide bonds. The van der Waals surface area contributed by atoms with E-state index >= 15 is 0 Å². The average Bonchev–Trinajstić information content (AvgIpc) is 2.65. The summed E-state index contributed by atoms with van der Waals surface area (Å²) in [6.07, 6.45) is 3.61. The molecule has 0 radical (unpaired) electrons. The number of hydrogen-bond acceptors (Lipinski definition) is 4. The number of nitrogens with one attached hydrogen (secondary N) is 1. The van der Waals surface area contributed by atoms with Crippen molar-refractivity contribution >= 4 is 5.82 Å². The Kier molecular flexibility index (Phi) is 4.76. The number of aromatic nitrogens is 2. The van der Waals surface area contributed by atoms with Crippen LogP contribution in [-0.2, 0) is 10.3 Å². The molecule has 0 aliphatic heterocycles. The van der Waals surface area contributed by atoms with Crippen molar-refractivity contribution in [3.63, 3.8) is 0 Å². The standard InChI is InChI=1S/C11H22N4O/c1-4-16-6-5-13-8-11(2,3)15-7-10(12)14-9-15/h7,9,13H,4-6,8,12H2,1-3H3. The largest absolute Gasteiger partial charge is 0.382 e. The maximum Gasteiger partial charge on any atom is 0.141 e. The van der Waals surface area contributed by atoms with E-state index in [4.69, 9.17) is 10.5 Å². The highest BCUT2D eigenvalue weighted by molar-refractivity contribution is 5.23. The van der Waals surface area contributed by atoms with Crippen LogP contribution in [0.2, 0.25) is 0 Å². The van der Waals surface area contributed by atoms with Gasteiger partial charge in [-0.1, -0.05) is 0 Å². The monoisotopic (exact) mass is 226 g/mol. The SMILES string of the molecule is CCOCCNCC(C)(C)n1cnc(N)c1. The fraction of sp³-hybridized carbons (Fsp3) is 0.727. The summed E-state index contributed by atoms with van der Waals surface area (Å²) in [4.78, 5) is 4.03. The lowest BCUT2D eigenvalue weighted by Gasteiger charge is -2.26. The lowest BCUT2D eigenvalue weighted by atomic mass is 10.1. The highest BCUT2D eigenvalue weighted by Crippen LogP contribution is 2.14. The number of nitrogen functional groups attached to an aromatic ring is 1. The summed E-state index contributed by atoms with van der Waals surface area (Å²) >= 11 is 0. The van der Waals surface area contributed by atoms with Gasteiger partial charge in [-0.3, -0.25) is 0 Å². The summed E-state index contributed by atoms with van der Waals surface area (Å²) in [5.74, 6) is 0.558. The predicted molar refractivity (Wildman–Crippen MR) is 65.3 cm³/mol. The van der Waals surface area contributed by atoms with Crippen molar-refractivity contribution in [2.75, 3.05) is 32.0 Å². The summed E-state index contributed by atoms with van der Waals surface area (Å²) < 4.78 is 7.28. The summed E-state index contributed by atoms with van der Waals surface area (Å²) in [5, 5.41) is 3.35. The van der Waals surface area contributed by atoms with Gasteiger partial charge in [-0.15, -0.1) is 0 Å². The number of imidazole rings is 1. The van der Waals surface area contributed by atoms with Gasteiger partial charge in [-0.05, 0) is 20.8 Å². The molecule has 0 atom stereocenters. The maximum absolute atomic E-state index is 5.60. The molecule has 0 spiro atoms. The van der Waals surface area contributed by atoms with E-state index in [0.717, 1.165) is 26.3 Å². The van der Waals surface area contributed by atoms with Gasteiger partial charge in [0, 0.05) is 25.9 Å². The topological polar surface area (TPSA) is 65.1 Å². The molecule has 1 rings (SSSR count). The summed E-state index contributed by atoms with van der Waals surface area (Å²) in [5.41, 5.74) is 5.57. The van der Waals surface area contributed by atoms with Gasteiger partial charge in [0.05, 0.1) is 18.5 Å². The zero-order chi connectivity index (χ0) is 12.0. The van der Waals surface area contributed by atoms with Gasteiger partial charge in [0.1, 0.15) is 5.82 Å². The third-order valence-electron chi connectivity index (χ3n) is 2.49. The second-order valence-electron chi connectivity index (χ2n) is 4.39. The van der Waals surface area contributed by atoms with Gasteiger partial charge in [0.2, 0.25) is 0 Å². The molecule has 0 aromatic carbocycles. The predicted octanol–water partition coefficient (Wildman–Crippen LogP) is 0.826. The lowest BCUT2D eigenvalue weighted by molar-refractivity contribution is 0.146. The van der Waals surface area contributed by atoms with Gasteiger partial charge in [-0.25, -0.2) is 4.98 Å². The maximum atomic E-state index is 5.60. The fourth-order valence-corrected chi connectivity index (χ4v) is 1.44. The van der Waals surface area contributed by atoms with E-state index in [2.05, 4.69) is 24.1 Å². The average molecular weight is 226 g/mol. The van der Waals surface area contributed by atoms with Crippen LogP contribution < -0.4 is 11.1 Å². The van der Waals surface area contributed by atoms with Crippen molar-refractivity contribution < 1.29 is 4.74 Å². The van der Waals surface area contributed by atoms with E-state index in [1.165, 1.54) is 0 Å². The van der Waals surface area contributed by atoms with E-state index in [9.17, 15) is 0 Å². The Labute approximate surface area is 97.0 Å². The molecule has 5 nitrogen and oxygen atoms in total. The Balaban J connectivity index is 2.34. The molecule has 5 heteroatoms. The van der Waals surface area contributed by atoms with Crippen LogP contribution in [0.5, 0.6) is 0 Å². The zero-order valence-corrected chi connectivity index (χ0v) is 10.4. The quantitative estimate of drug-likeness (QED) is 0.676. The summed E-state index contributed by atoms with van der Waals surface area (Å²) in [6, 6.07) is 0. The first-order valence-electron chi connectivity index (χ1n) is 5.64. The first-order chi connectivity index (χ1) is 7.56. The molecule has 1 aromatic rings. The normalized spacial score (nSPS) is 11.9. The van der Waals surface area contributed by atoms with Crippen LogP contribution in [0, 0.1) is 0 Å². The highest BCUT2D eigenvalue weighted by atomic mass is 16.5. The van der Waals surface area contributed by atoms with Gasteiger partial charge in [-0.2, -0.15) is 0 Å². The van der Waals surface area contributed by atoms with E-state index in [1.54, 1.807) is 6.33 Å². The molecule has 1 heterocycles. The number of nitrogens with zero attached hydrogens (tertiary/aromatic N) is 2. The van der Waals surface area contributed by atoms with E-state index < -0.39 is 0 Å². The minimum Gasteiger partial charge on any atom is -0.382 e. The smallest absolute Gasteiger partial charge is 0.141 e. The van der Waals surface area contributed by atoms with Crippen LogP contribution in [0.4, 0.5) is 5.82 Å². The molecule has 0 unspecified atom stereocenters. The number of ether oxygens (including phenoxy) is 1. The summed E-state index contributed by atoms with van der Waals surface area (Å²) in [7, 11) is 0. The van der Waals surface area contributed by atoms with E-state index in [1.807, 2.05) is 17.7 Å².